The third kappa shape index (κ3) is 7.18. The Labute approximate surface area is 244 Å². The van der Waals surface area contributed by atoms with Gasteiger partial charge in [-0.15, -0.1) is 0 Å². The van der Waals surface area contributed by atoms with Crippen LogP contribution in [0.3, 0.4) is 0 Å². The van der Waals surface area contributed by atoms with Crippen LogP contribution in [-0.2, 0) is 32.1 Å². The van der Waals surface area contributed by atoms with Gasteiger partial charge in [0.1, 0.15) is 18.8 Å². The molecule has 0 heterocycles. The Balaban J connectivity index is 1.25. The highest BCUT2D eigenvalue weighted by Gasteiger charge is 2.30. The van der Waals surface area contributed by atoms with Crippen LogP contribution in [0.2, 0.25) is 0 Å². The number of nitrogens with one attached hydrogen (secondary N) is 2. The second-order valence-corrected chi connectivity index (χ2v) is 9.96. The number of nitrogens with zero attached hydrogens (tertiary/aromatic N) is 1. The van der Waals surface area contributed by atoms with Crippen LogP contribution in [0.15, 0.2) is 114 Å². The number of isocyanates is 1. The summed E-state index contributed by atoms with van der Waals surface area (Å²) in [5, 5.41) is 5.37. The summed E-state index contributed by atoms with van der Waals surface area (Å²) >= 11 is 0. The van der Waals surface area contributed by atoms with E-state index in [1.165, 1.54) is 6.08 Å². The first-order valence-electron chi connectivity index (χ1n) is 13.8. The maximum absolute atomic E-state index is 13.3. The van der Waals surface area contributed by atoms with Crippen molar-refractivity contribution < 1.29 is 23.9 Å². The average Bonchev–Trinajstić information content (AvgIpc) is 3.34. The van der Waals surface area contributed by atoms with Crippen molar-refractivity contribution in [1.29, 1.82) is 0 Å². The number of carbonyl (C=O) groups excluding carboxylic acids is 3. The number of rotatable bonds is 12. The van der Waals surface area contributed by atoms with Gasteiger partial charge < -0.3 is 20.1 Å². The number of hydrogen-bond acceptors (Lipinski definition) is 6. The lowest BCUT2D eigenvalue weighted by atomic mass is 9.98. The molecule has 0 aliphatic heterocycles. The van der Waals surface area contributed by atoms with Gasteiger partial charge in [0, 0.05) is 12.3 Å². The molecule has 2 atom stereocenters. The molecule has 212 valence electrons. The second-order valence-electron chi connectivity index (χ2n) is 9.96. The highest BCUT2D eigenvalue weighted by molar-refractivity contribution is 5.86. The van der Waals surface area contributed by atoms with E-state index in [1.807, 2.05) is 97.1 Å². The molecular formula is C34H31N3O5. The molecule has 8 heteroatoms. The molecule has 1 aliphatic rings. The monoisotopic (exact) mass is 561 g/mol. The van der Waals surface area contributed by atoms with Gasteiger partial charge in [0.25, 0.3) is 0 Å². The van der Waals surface area contributed by atoms with E-state index in [0.29, 0.717) is 0 Å². The summed E-state index contributed by atoms with van der Waals surface area (Å²) in [6.45, 7) is 0.232. The standard InChI is InChI=1S/C34H31N3O5/c38-23-35-32(19-24-11-3-1-4-12-24)37-33(39)31(22-41-20-25-13-5-2-6-14-25)36-34(40)42-21-30-28-17-9-7-15-26(28)27-16-8-10-18-29(27)30/h1-18,30-32H,19-22H2,(H,36,40)(H,37,39)/t31-,32-/m0/s1. The molecule has 0 fully saturated rings. The smallest absolute Gasteiger partial charge is 0.407 e. The van der Waals surface area contributed by atoms with Crippen molar-refractivity contribution in [3.63, 3.8) is 0 Å². The highest BCUT2D eigenvalue weighted by Crippen LogP contribution is 2.44. The predicted octanol–water partition coefficient (Wildman–Crippen LogP) is 5.13. The van der Waals surface area contributed by atoms with Crippen molar-refractivity contribution in [3.8, 4) is 11.1 Å². The SMILES string of the molecule is O=C=N[C@H](Cc1ccccc1)NC(=O)[C@H](COCc1ccccc1)NC(=O)OCC1c2ccccc2-c2ccccc21. The van der Waals surface area contributed by atoms with Crippen molar-refractivity contribution in [2.45, 2.75) is 31.2 Å². The lowest BCUT2D eigenvalue weighted by Crippen LogP contribution is -2.52. The van der Waals surface area contributed by atoms with Gasteiger partial charge in [-0.3, -0.25) is 4.79 Å². The molecule has 2 N–H and O–H groups in total. The zero-order valence-corrected chi connectivity index (χ0v) is 22.9. The van der Waals surface area contributed by atoms with Crippen LogP contribution in [0, 0.1) is 0 Å². The van der Waals surface area contributed by atoms with E-state index >= 15 is 0 Å². The van der Waals surface area contributed by atoms with E-state index in [1.54, 1.807) is 0 Å². The lowest BCUT2D eigenvalue weighted by Gasteiger charge is -2.22. The van der Waals surface area contributed by atoms with Crippen LogP contribution in [0.25, 0.3) is 11.1 Å². The Kier molecular flexibility index (Phi) is 9.52. The molecule has 2 amide bonds. The Morgan fingerprint density at radius 1 is 0.762 bits per heavy atom. The minimum atomic E-state index is -1.09. The summed E-state index contributed by atoms with van der Waals surface area (Å²) in [5.74, 6) is -0.682. The van der Waals surface area contributed by atoms with E-state index < -0.39 is 24.2 Å². The normalized spacial score (nSPS) is 13.1. The molecule has 0 bridgehead atoms. The van der Waals surface area contributed by atoms with Crippen molar-refractivity contribution in [2.24, 2.45) is 4.99 Å². The van der Waals surface area contributed by atoms with Crippen molar-refractivity contribution >= 4 is 18.1 Å². The lowest BCUT2D eigenvalue weighted by molar-refractivity contribution is -0.125. The van der Waals surface area contributed by atoms with Crippen LogP contribution in [-0.4, -0.2) is 43.5 Å². The van der Waals surface area contributed by atoms with Crippen LogP contribution >= 0.6 is 0 Å². The first kappa shape index (κ1) is 28.5. The van der Waals surface area contributed by atoms with Gasteiger partial charge in [0.05, 0.1) is 13.2 Å². The third-order valence-corrected chi connectivity index (χ3v) is 7.14. The molecule has 0 aromatic heterocycles. The fourth-order valence-electron chi connectivity index (χ4n) is 5.13. The Morgan fingerprint density at radius 3 is 1.95 bits per heavy atom. The fraction of sp³-hybridized carbons (Fsp3) is 0.206. The molecule has 5 rings (SSSR count). The zero-order chi connectivity index (χ0) is 29.1. The first-order valence-corrected chi connectivity index (χ1v) is 13.8. The van der Waals surface area contributed by atoms with Crippen LogP contribution in [0.1, 0.15) is 28.2 Å². The van der Waals surface area contributed by atoms with Gasteiger partial charge in [0.15, 0.2) is 0 Å². The quantitative estimate of drug-likeness (QED) is 0.184. The maximum atomic E-state index is 13.3. The number of aliphatic imine (C=N–C) groups is 1. The molecule has 0 radical (unpaired) electrons. The van der Waals surface area contributed by atoms with Gasteiger partial charge in [-0.1, -0.05) is 109 Å². The van der Waals surface area contributed by atoms with E-state index in [4.69, 9.17) is 9.47 Å². The predicted molar refractivity (Wildman–Crippen MR) is 158 cm³/mol. The van der Waals surface area contributed by atoms with E-state index in [2.05, 4.69) is 27.8 Å². The zero-order valence-electron chi connectivity index (χ0n) is 22.9. The summed E-state index contributed by atoms with van der Waals surface area (Å²) in [7, 11) is 0. The maximum Gasteiger partial charge on any atom is 0.407 e. The number of carbonyl (C=O) groups is 2. The van der Waals surface area contributed by atoms with Gasteiger partial charge in [-0.05, 0) is 33.4 Å². The molecule has 4 aromatic carbocycles. The third-order valence-electron chi connectivity index (χ3n) is 7.14. The number of alkyl carbamates (subject to hydrolysis) is 1. The molecule has 0 saturated carbocycles. The molecule has 4 aromatic rings. The molecule has 0 spiro atoms. The number of hydrogen-bond donors (Lipinski definition) is 2. The van der Waals surface area contributed by atoms with E-state index in [0.717, 1.165) is 33.4 Å². The summed E-state index contributed by atoms with van der Waals surface area (Å²) in [5.41, 5.74) is 6.21. The molecule has 42 heavy (non-hydrogen) atoms. The molecule has 0 saturated heterocycles. The van der Waals surface area contributed by atoms with Gasteiger partial charge in [-0.2, -0.15) is 4.99 Å². The largest absolute Gasteiger partial charge is 0.449 e. The minimum Gasteiger partial charge on any atom is -0.449 e. The molecule has 8 nitrogen and oxygen atoms in total. The molecular weight excluding hydrogens is 530 g/mol. The van der Waals surface area contributed by atoms with Gasteiger partial charge >= 0.3 is 6.09 Å². The Hall–Kier alpha value is -5.04. The molecule has 1 aliphatic carbocycles. The first-order chi connectivity index (χ1) is 20.6. The highest BCUT2D eigenvalue weighted by atomic mass is 16.5. The number of amides is 2. The second kappa shape index (κ2) is 14.0. The van der Waals surface area contributed by atoms with E-state index in [9.17, 15) is 14.4 Å². The number of benzene rings is 4. The Bertz CT molecular complexity index is 1510. The van der Waals surface area contributed by atoms with Crippen LogP contribution < -0.4 is 10.6 Å². The number of fused-ring (bicyclic) bond motifs is 3. The fourth-order valence-corrected chi connectivity index (χ4v) is 5.13. The average molecular weight is 562 g/mol. The van der Waals surface area contributed by atoms with Gasteiger partial charge in [-0.25, -0.2) is 9.59 Å². The van der Waals surface area contributed by atoms with Crippen LogP contribution in [0.5, 0.6) is 0 Å². The summed E-state index contributed by atoms with van der Waals surface area (Å²) in [6, 6.07) is 33.8. The minimum absolute atomic E-state index is 0.102. The molecule has 0 unspecified atom stereocenters. The van der Waals surface area contributed by atoms with Crippen molar-refractivity contribution in [2.75, 3.05) is 13.2 Å². The number of ether oxygens (including phenoxy) is 2. The van der Waals surface area contributed by atoms with Gasteiger partial charge in [0.2, 0.25) is 12.0 Å². The Morgan fingerprint density at radius 2 is 1.33 bits per heavy atom. The van der Waals surface area contributed by atoms with Crippen LogP contribution in [0.4, 0.5) is 4.79 Å². The summed E-state index contributed by atoms with van der Waals surface area (Å²) < 4.78 is 11.5. The van der Waals surface area contributed by atoms with E-state index in [-0.39, 0.29) is 32.2 Å². The topological polar surface area (TPSA) is 106 Å². The summed E-state index contributed by atoms with van der Waals surface area (Å²) in [6.07, 6.45) is 0.191. The van der Waals surface area contributed by atoms with Crippen molar-refractivity contribution in [1.82, 2.24) is 10.6 Å². The summed E-state index contributed by atoms with van der Waals surface area (Å²) in [4.78, 5) is 41.2. The van der Waals surface area contributed by atoms with Crippen molar-refractivity contribution in [3.05, 3.63) is 131 Å².